The highest BCUT2D eigenvalue weighted by Gasteiger charge is 2.52. The molecule has 0 radical (unpaired) electrons. The first-order valence-electron chi connectivity index (χ1n) is 7.43. The van der Waals surface area contributed by atoms with E-state index in [0.717, 1.165) is 0 Å². The number of halogens is 2. The Balaban J connectivity index is 1.80. The van der Waals surface area contributed by atoms with Crippen LogP contribution in [0.2, 0.25) is 10.0 Å². The number of likely N-dealkylation sites (tertiary alicyclic amines) is 1. The highest BCUT2D eigenvalue weighted by molar-refractivity contribution is 7.13. The van der Waals surface area contributed by atoms with Crippen LogP contribution < -0.4 is 5.73 Å². The van der Waals surface area contributed by atoms with Gasteiger partial charge in [-0.1, -0.05) is 29.3 Å². The van der Waals surface area contributed by atoms with Crippen molar-refractivity contribution >= 4 is 46.4 Å². The Bertz CT molecular complexity index is 826. The van der Waals surface area contributed by atoms with Crippen molar-refractivity contribution in [1.82, 2.24) is 14.8 Å². The van der Waals surface area contributed by atoms with E-state index in [9.17, 15) is 9.59 Å². The van der Waals surface area contributed by atoms with Gasteiger partial charge in [0.2, 0.25) is 5.91 Å². The van der Waals surface area contributed by atoms with Crippen molar-refractivity contribution in [3.63, 3.8) is 0 Å². The van der Waals surface area contributed by atoms with Crippen LogP contribution in [-0.4, -0.2) is 59.3 Å². The topological polar surface area (TPSA) is 79.5 Å². The summed E-state index contributed by atoms with van der Waals surface area (Å²) in [5, 5.41) is 3.20. The molecule has 6 nitrogen and oxygen atoms in total. The maximum absolute atomic E-state index is 12.6. The van der Waals surface area contributed by atoms with Gasteiger partial charge in [0.1, 0.15) is 16.2 Å². The molecule has 2 amide bonds. The Labute approximate surface area is 159 Å². The maximum Gasteiger partial charge on any atom is 0.273 e. The fraction of sp³-hybridized carbons (Fsp3) is 0.312. The van der Waals surface area contributed by atoms with Crippen molar-refractivity contribution in [2.45, 2.75) is 5.54 Å². The Hall–Kier alpha value is -1.67. The lowest BCUT2D eigenvalue weighted by Crippen LogP contribution is -2.75. The molecule has 0 spiro atoms. The van der Waals surface area contributed by atoms with Crippen molar-refractivity contribution in [3.05, 3.63) is 39.3 Å². The van der Waals surface area contributed by atoms with Gasteiger partial charge in [0.15, 0.2) is 0 Å². The summed E-state index contributed by atoms with van der Waals surface area (Å²) in [6, 6.07) is 5.19. The van der Waals surface area contributed by atoms with Crippen LogP contribution in [0.25, 0.3) is 10.6 Å². The molecule has 2 heterocycles. The van der Waals surface area contributed by atoms with E-state index in [1.165, 1.54) is 11.3 Å². The molecule has 0 bridgehead atoms. The summed E-state index contributed by atoms with van der Waals surface area (Å²) in [5.41, 5.74) is 5.58. The fourth-order valence-corrected chi connectivity index (χ4v) is 4.29. The lowest BCUT2D eigenvalue weighted by atomic mass is 9.87. The Morgan fingerprint density at radius 1 is 1.28 bits per heavy atom. The average molecular weight is 399 g/mol. The Morgan fingerprint density at radius 2 is 1.88 bits per heavy atom. The van der Waals surface area contributed by atoms with Crippen molar-refractivity contribution < 1.29 is 9.59 Å². The molecule has 0 aliphatic carbocycles. The predicted octanol–water partition coefficient (Wildman–Crippen LogP) is 2.36. The first-order chi connectivity index (χ1) is 11.8. The summed E-state index contributed by atoms with van der Waals surface area (Å²) in [6.07, 6.45) is 0. The number of primary amides is 1. The van der Waals surface area contributed by atoms with Gasteiger partial charge in [-0.15, -0.1) is 11.3 Å². The molecule has 1 fully saturated rings. The van der Waals surface area contributed by atoms with Gasteiger partial charge in [0.25, 0.3) is 5.91 Å². The molecule has 0 unspecified atom stereocenters. The summed E-state index contributed by atoms with van der Waals surface area (Å²) >= 11 is 13.7. The Morgan fingerprint density at radius 3 is 2.40 bits per heavy atom. The lowest BCUT2D eigenvalue weighted by molar-refractivity contribution is -0.137. The molecule has 3 rings (SSSR count). The molecule has 1 aliphatic rings. The van der Waals surface area contributed by atoms with Gasteiger partial charge >= 0.3 is 0 Å². The average Bonchev–Trinajstić information content (AvgIpc) is 2.94. The molecular formula is C16H16Cl2N4O2S. The number of likely N-dealkylation sites (N-methyl/N-ethyl adjacent to an activating group) is 1. The molecule has 132 valence electrons. The molecule has 0 saturated carbocycles. The zero-order chi connectivity index (χ0) is 18.4. The van der Waals surface area contributed by atoms with Gasteiger partial charge in [-0.3, -0.25) is 14.5 Å². The third-order valence-electron chi connectivity index (χ3n) is 4.41. The lowest BCUT2D eigenvalue weighted by Gasteiger charge is -2.51. The van der Waals surface area contributed by atoms with Gasteiger partial charge in [-0.25, -0.2) is 4.98 Å². The normalized spacial score (nSPS) is 16.0. The number of carbonyl (C=O) groups is 2. The molecule has 1 saturated heterocycles. The van der Waals surface area contributed by atoms with E-state index < -0.39 is 11.4 Å². The van der Waals surface area contributed by atoms with Crippen LogP contribution in [0.4, 0.5) is 0 Å². The SMILES string of the molecule is CN(C)C1(C(N)=O)CN(C(=O)c2csc(-c3c(Cl)cccc3Cl)n2)C1. The fourth-order valence-electron chi connectivity index (χ4n) is 2.74. The largest absolute Gasteiger partial charge is 0.368 e. The minimum Gasteiger partial charge on any atom is -0.368 e. The molecule has 1 aromatic carbocycles. The molecule has 2 aromatic rings. The number of thiazole rings is 1. The minimum atomic E-state index is -0.819. The van der Waals surface area contributed by atoms with Crippen LogP contribution in [-0.2, 0) is 4.79 Å². The van der Waals surface area contributed by atoms with E-state index in [1.54, 1.807) is 47.5 Å². The second kappa shape index (κ2) is 6.57. The van der Waals surface area contributed by atoms with Crippen LogP contribution in [0.1, 0.15) is 10.5 Å². The summed E-state index contributed by atoms with van der Waals surface area (Å²) in [5.74, 6) is -0.687. The molecule has 1 aliphatic heterocycles. The van der Waals surface area contributed by atoms with Crippen molar-refractivity contribution in [2.24, 2.45) is 5.73 Å². The minimum absolute atomic E-state index is 0.244. The van der Waals surface area contributed by atoms with Crippen LogP contribution >= 0.6 is 34.5 Å². The van der Waals surface area contributed by atoms with E-state index in [4.69, 9.17) is 28.9 Å². The first kappa shape index (κ1) is 18.1. The summed E-state index contributed by atoms with van der Waals surface area (Å²) in [4.78, 5) is 32.0. The van der Waals surface area contributed by atoms with Crippen molar-refractivity contribution in [1.29, 1.82) is 0 Å². The molecule has 1 aromatic heterocycles. The summed E-state index contributed by atoms with van der Waals surface area (Å²) in [6.45, 7) is 0.488. The number of benzene rings is 1. The van der Waals surface area contributed by atoms with E-state index >= 15 is 0 Å². The number of nitrogens with two attached hydrogens (primary N) is 1. The van der Waals surface area contributed by atoms with E-state index in [1.807, 2.05) is 0 Å². The number of carbonyl (C=O) groups excluding carboxylic acids is 2. The smallest absolute Gasteiger partial charge is 0.273 e. The first-order valence-corrected chi connectivity index (χ1v) is 9.06. The number of nitrogens with zero attached hydrogens (tertiary/aromatic N) is 3. The van der Waals surface area contributed by atoms with E-state index in [2.05, 4.69) is 4.98 Å². The van der Waals surface area contributed by atoms with E-state index in [0.29, 0.717) is 26.3 Å². The number of hydrogen-bond acceptors (Lipinski definition) is 5. The monoisotopic (exact) mass is 398 g/mol. The second-order valence-corrected chi connectivity index (χ2v) is 7.76. The molecule has 0 atom stereocenters. The zero-order valence-electron chi connectivity index (χ0n) is 13.6. The van der Waals surface area contributed by atoms with Gasteiger partial charge in [-0.05, 0) is 26.2 Å². The van der Waals surface area contributed by atoms with Gasteiger partial charge in [0.05, 0.1) is 23.1 Å². The maximum atomic E-state index is 12.6. The number of rotatable bonds is 4. The van der Waals surface area contributed by atoms with Crippen LogP contribution in [0, 0.1) is 0 Å². The third-order valence-corrected chi connectivity index (χ3v) is 5.90. The molecule has 25 heavy (non-hydrogen) atoms. The van der Waals surface area contributed by atoms with Gasteiger partial charge in [0, 0.05) is 10.9 Å². The summed E-state index contributed by atoms with van der Waals surface area (Å²) < 4.78 is 0. The van der Waals surface area contributed by atoms with Gasteiger partial charge < -0.3 is 10.6 Å². The van der Waals surface area contributed by atoms with Crippen LogP contribution in [0.15, 0.2) is 23.6 Å². The predicted molar refractivity (Wildman–Crippen MR) is 99.1 cm³/mol. The highest BCUT2D eigenvalue weighted by Crippen LogP contribution is 2.37. The number of aromatic nitrogens is 1. The molecule has 9 heteroatoms. The Kier molecular flexibility index (Phi) is 4.76. The van der Waals surface area contributed by atoms with Gasteiger partial charge in [-0.2, -0.15) is 0 Å². The zero-order valence-corrected chi connectivity index (χ0v) is 16.0. The van der Waals surface area contributed by atoms with Crippen LogP contribution in [0.5, 0.6) is 0 Å². The molecule has 2 N–H and O–H groups in total. The van der Waals surface area contributed by atoms with Crippen molar-refractivity contribution in [2.75, 3.05) is 27.2 Å². The quantitative estimate of drug-likeness (QED) is 0.856. The second-order valence-electron chi connectivity index (χ2n) is 6.09. The summed E-state index contributed by atoms with van der Waals surface area (Å²) in [7, 11) is 3.54. The molecular weight excluding hydrogens is 383 g/mol. The third kappa shape index (κ3) is 3.01. The highest BCUT2D eigenvalue weighted by atomic mass is 35.5. The number of amides is 2. The number of hydrogen-bond donors (Lipinski definition) is 1. The van der Waals surface area contributed by atoms with Crippen molar-refractivity contribution in [3.8, 4) is 10.6 Å². The van der Waals surface area contributed by atoms with Crippen LogP contribution in [0.3, 0.4) is 0 Å². The standard InChI is InChI=1S/C16H16Cl2N4O2S/c1-21(2)16(15(19)24)7-22(8-16)14(23)11-6-25-13(20-11)12-9(17)4-3-5-10(12)18/h3-6H,7-8H2,1-2H3,(H2,19,24). The van der Waals surface area contributed by atoms with E-state index in [-0.39, 0.29) is 19.0 Å².